The highest BCUT2D eigenvalue weighted by Crippen LogP contribution is 2.44. The summed E-state index contributed by atoms with van der Waals surface area (Å²) < 4.78 is 5.52. The number of benzene rings is 2. The Labute approximate surface area is 200 Å². The van der Waals surface area contributed by atoms with Crippen molar-refractivity contribution in [3.63, 3.8) is 0 Å². The molecule has 2 aromatic carbocycles. The maximum absolute atomic E-state index is 12.5. The molecule has 2 amide bonds. The van der Waals surface area contributed by atoms with Crippen molar-refractivity contribution in [1.82, 2.24) is 10.2 Å². The molecule has 0 saturated carbocycles. The molecular formula is C27H32N2O5. The number of amides is 2. The molecule has 1 aliphatic heterocycles. The first-order chi connectivity index (χ1) is 16.3. The van der Waals surface area contributed by atoms with Crippen LogP contribution in [-0.4, -0.2) is 54.2 Å². The number of nitrogens with zero attached hydrogens (tertiary/aromatic N) is 1. The Morgan fingerprint density at radius 2 is 1.65 bits per heavy atom. The van der Waals surface area contributed by atoms with Gasteiger partial charge in [-0.25, -0.2) is 4.79 Å². The number of carboxylic acids is 1. The third kappa shape index (κ3) is 4.93. The van der Waals surface area contributed by atoms with Crippen molar-refractivity contribution in [3.05, 3.63) is 59.7 Å². The number of carbonyl (C=O) groups is 3. The predicted molar refractivity (Wildman–Crippen MR) is 128 cm³/mol. The summed E-state index contributed by atoms with van der Waals surface area (Å²) in [6, 6.07) is 16.4. The lowest BCUT2D eigenvalue weighted by Gasteiger charge is -2.21. The fraction of sp³-hybridized carbons (Fsp3) is 0.444. The van der Waals surface area contributed by atoms with E-state index < -0.39 is 23.4 Å². The molecule has 0 spiro atoms. The van der Waals surface area contributed by atoms with E-state index in [1.807, 2.05) is 38.1 Å². The third-order valence-corrected chi connectivity index (χ3v) is 7.03. The monoisotopic (exact) mass is 464 g/mol. The van der Waals surface area contributed by atoms with Gasteiger partial charge < -0.3 is 20.1 Å². The Hall–Kier alpha value is -3.35. The summed E-state index contributed by atoms with van der Waals surface area (Å²) in [5, 5.41) is 12.1. The van der Waals surface area contributed by atoms with E-state index in [9.17, 15) is 19.5 Å². The van der Waals surface area contributed by atoms with Crippen molar-refractivity contribution in [2.24, 2.45) is 11.3 Å². The van der Waals surface area contributed by atoms with Gasteiger partial charge in [-0.15, -0.1) is 0 Å². The molecule has 0 aromatic heterocycles. The summed E-state index contributed by atoms with van der Waals surface area (Å²) in [5.74, 6) is -1.40. The lowest BCUT2D eigenvalue weighted by Crippen LogP contribution is -2.30. The minimum atomic E-state index is -0.854. The molecule has 7 nitrogen and oxygen atoms in total. The molecule has 1 saturated heterocycles. The number of ether oxygens (including phenoxy) is 1. The Morgan fingerprint density at radius 1 is 1.03 bits per heavy atom. The smallest absolute Gasteiger partial charge is 0.407 e. The molecule has 1 aliphatic carbocycles. The van der Waals surface area contributed by atoms with Crippen LogP contribution < -0.4 is 5.32 Å². The molecule has 0 bridgehead atoms. The minimum absolute atomic E-state index is 0.0233. The number of carboxylic acid groups (broad SMARTS) is 1. The average Bonchev–Trinajstić information content (AvgIpc) is 3.31. The van der Waals surface area contributed by atoms with Crippen molar-refractivity contribution in [2.45, 2.75) is 39.0 Å². The van der Waals surface area contributed by atoms with Crippen LogP contribution in [0.5, 0.6) is 0 Å². The van der Waals surface area contributed by atoms with Crippen LogP contribution in [0, 0.1) is 11.3 Å². The van der Waals surface area contributed by atoms with Crippen LogP contribution in [0.1, 0.15) is 50.2 Å². The van der Waals surface area contributed by atoms with E-state index in [4.69, 9.17) is 4.74 Å². The summed E-state index contributed by atoms with van der Waals surface area (Å²) in [7, 11) is 0. The number of hydrogen-bond donors (Lipinski definition) is 2. The Bertz CT molecular complexity index is 1030. The van der Waals surface area contributed by atoms with Crippen molar-refractivity contribution < 1.29 is 24.2 Å². The lowest BCUT2D eigenvalue weighted by atomic mass is 9.82. The second-order valence-electron chi connectivity index (χ2n) is 9.86. The quantitative estimate of drug-likeness (QED) is 0.569. The lowest BCUT2D eigenvalue weighted by molar-refractivity contribution is -0.144. The molecule has 0 radical (unpaired) electrons. The summed E-state index contributed by atoms with van der Waals surface area (Å²) >= 11 is 0. The summed E-state index contributed by atoms with van der Waals surface area (Å²) in [6.45, 7) is 5.19. The van der Waals surface area contributed by atoms with Gasteiger partial charge in [0.05, 0.1) is 5.92 Å². The summed E-state index contributed by atoms with van der Waals surface area (Å²) in [4.78, 5) is 37.8. The van der Waals surface area contributed by atoms with Crippen LogP contribution in [0.2, 0.25) is 0 Å². The van der Waals surface area contributed by atoms with E-state index in [-0.39, 0.29) is 25.0 Å². The molecule has 2 aliphatic rings. The van der Waals surface area contributed by atoms with Crippen LogP contribution in [0.15, 0.2) is 48.5 Å². The Kier molecular flexibility index (Phi) is 6.91. The van der Waals surface area contributed by atoms with Gasteiger partial charge in [-0.2, -0.15) is 0 Å². The predicted octanol–water partition coefficient (Wildman–Crippen LogP) is 4.26. The molecule has 1 fully saturated rings. The third-order valence-electron chi connectivity index (χ3n) is 7.03. The summed E-state index contributed by atoms with van der Waals surface area (Å²) in [5.41, 5.74) is 4.30. The number of hydrogen-bond acceptors (Lipinski definition) is 4. The van der Waals surface area contributed by atoms with Crippen LogP contribution in [0.25, 0.3) is 11.1 Å². The zero-order valence-corrected chi connectivity index (χ0v) is 19.8. The van der Waals surface area contributed by atoms with Gasteiger partial charge in [0, 0.05) is 32.0 Å². The number of fused-ring (bicyclic) bond motifs is 3. The molecular weight excluding hydrogens is 432 g/mol. The van der Waals surface area contributed by atoms with Crippen molar-refractivity contribution in [3.8, 4) is 11.1 Å². The molecule has 4 rings (SSSR count). The van der Waals surface area contributed by atoms with Gasteiger partial charge in [0.2, 0.25) is 5.91 Å². The van der Waals surface area contributed by atoms with Crippen molar-refractivity contribution in [1.29, 1.82) is 0 Å². The standard InChI is InChI=1S/C27H32N2O5/c1-27(2)17-29(15-23(27)25(31)32)24(30)13-7-8-14-28-26(33)34-16-22-20-11-5-3-9-18(20)19-10-4-6-12-21(19)22/h3-6,9-12,22-23H,7-8,13-17H2,1-2H3,(H,28,33)(H,31,32). The second-order valence-corrected chi connectivity index (χ2v) is 9.86. The van der Waals surface area contributed by atoms with E-state index in [2.05, 4.69) is 29.6 Å². The number of carbonyl (C=O) groups excluding carboxylic acids is 2. The Morgan fingerprint density at radius 3 is 2.24 bits per heavy atom. The van der Waals surface area contributed by atoms with Gasteiger partial charge in [0.25, 0.3) is 0 Å². The maximum Gasteiger partial charge on any atom is 0.407 e. The fourth-order valence-electron chi connectivity index (χ4n) is 5.14. The highest BCUT2D eigenvalue weighted by atomic mass is 16.5. The topological polar surface area (TPSA) is 95.9 Å². The first-order valence-electron chi connectivity index (χ1n) is 11.9. The van der Waals surface area contributed by atoms with E-state index >= 15 is 0 Å². The van der Waals surface area contributed by atoms with Crippen LogP contribution in [0.4, 0.5) is 4.79 Å². The molecule has 1 atom stereocenters. The largest absolute Gasteiger partial charge is 0.481 e. The number of aliphatic carboxylic acids is 1. The number of rotatable bonds is 8. The first kappa shape index (κ1) is 23.8. The van der Waals surface area contributed by atoms with Crippen LogP contribution in [-0.2, 0) is 14.3 Å². The Balaban J connectivity index is 1.18. The van der Waals surface area contributed by atoms with Gasteiger partial charge in [-0.05, 0) is 40.5 Å². The van der Waals surface area contributed by atoms with Crippen molar-refractivity contribution in [2.75, 3.05) is 26.2 Å². The van der Waals surface area contributed by atoms with E-state index in [1.165, 1.54) is 22.3 Å². The molecule has 34 heavy (non-hydrogen) atoms. The second kappa shape index (κ2) is 9.87. The normalized spacial score (nSPS) is 18.3. The van der Waals surface area contributed by atoms with E-state index in [0.29, 0.717) is 32.4 Å². The zero-order valence-electron chi connectivity index (χ0n) is 19.8. The average molecular weight is 465 g/mol. The minimum Gasteiger partial charge on any atom is -0.481 e. The van der Waals surface area contributed by atoms with E-state index in [0.717, 1.165) is 0 Å². The summed E-state index contributed by atoms with van der Waals surface area (Å²) in [6.07, 6.45) is 1.15. The van der Waals surface area contributed by atoms with Gasteiger partial charge in [-0.3, -0.25) is 9.59 Å². The molecule has 7 heteroatoms. The highest BCUT2D eigenvalue weighted by molar-refractivity contribution is 5.80. The fourth-order valence-corrected chi connectivity index (χ4v) is 5.14. The first-order valence-corrected chi connectivity index (χ1v) is 11.9. The number of alkyl carbamates (subject to hydrolysis) is 1. The molecule has 180 valence electrons. The van der Waals surface area contributed by atoms with Crippen LogP contribution >= 0.6 is 0 Å². The van der Waals surface area contributed by atoms with Crippen LogP contribution in [0.3, 0.4) is 0 Å². The SMILES string of the molecule is CC1(C)CN(C(=O)CCCCNC(=O)OCC2c3ccccc3-c3ccccc32)CC1C(=O)O. The number of unbranched alkanes of at least 4 members (excludes halogenated alkanes) is 1. The van der Waals surface area contributed by atoms with Gasteiger partial charge in [0.1, 0.15) is 6.61 Å². The van der Waals surface area contributed by atoms with Gasteiger partial charge >= 0.3 is 12.1 Å². The number of likely N-dealkylation sites (tertiary alicyclic amines) is 1. The molecule has 2 N–H and O–H groups in total. The maximum atomic E-state index is 12.5. The van der Waals surface area contributed by atoms with E-state index in [1.54, 1.807) is 4.90 Å². The number of nitrogens with one attached hydrogen (secondary N) is 1. The van der Waals surface area contributed by atoms with Gasteiger partial charge in [-0.1, -0.05) is 62.4 Å². The molecule has 1 heterocycles. The van der Waals surface area contributed by atoms with Gasteiger partial charge in [0.15, 0.2) is 0 Å². The highest BCUT2D eigenvalue weighted by Gasteiger charge is 2.45. The molecule has 1 unspecified atom stereocenters. The van der Waals surface area contributed by atoms with Crippen molar-refractivity contribution >= 4 is 18.0 Å². The zero-order chi connectivity index (χ0) is 24.3. The molecule has 2 aromatic rings.